The number of ether oxygens (including phenoxy) is 2. The van der Waals surface area contributed by atoms with Gasteiger partial charge >= 0.3 is 0 Å². The molecule has 1 aliphatic heterocycles. The van der Waals surface area contributed by atoms with Crippen LogP contribution in [-0.4, -0.2) is 37.3 Å². The molecule has 1 aromatic carbocycles. The summed E-state index contributed by atoms with van der Waals surface area (Å²) in [6.45, 7) is 3.88. The van der Waals surface area contributed by atoms with Gasteiger partial charge in [0.25, 0.3) is 0 Å². The van der Waals surface area contributed by atoms with Gasteiger partial charge in [0.15, 0.2) is 0 Å². The first-order valence-electron chi connectivity index (χ1n) is 6.41. The molecule has 18 heavy (non-hydrogen) atoms. The monoisotopic (exact) mass is 267 g/mol. The summed E-state index contributed by atoms with van der Waals surface area (Å²) in [5.74, 6) is 2.97. The van der Waals surface area contributed by atoms with E-state index in [2.05, 4.69) is 12.2 Å². The molecule has 1 fully saturated rings. The van der Waals surface area contributed by atoms with E-state index in [1.807, 2.05) is 36.0 Å². The Morgan fingerprint density at radius 1 is 1.39 bits per heavy atom. The van der Waals surface area contributed by atoms with Crippen molar-refractivity contribution < 1.29 is 9.47 Å². The minimum absolute atomic E-state index is 0.643. The fourth-order valence-corrected chi connectivity index (χ4v) is 3.33. The Morgan fingerprint density at radius 2 is 2.22 bits per heavy atom. The molecule has 0 radical (unpaired) electrons. The van der Waals surface area contributed by atoms with Gasteiger partial charge in [-0.25, -0.2) is 0 Å². The van der Waals surface area contributed by atoms with Crippen molar-refractivity contribution in [2.24, 2.45) is 0 Å². The van der Waals surface area contributed by atoms with E-state index in [1.165, 1.54) is 12.2 Å². The van der Waals surface area contributed by atoms with Crippen LogP contribution < -0.4 is 14.8 Å². The van der Waals surface area contributed by atoms with Crippen LogP contribution in [-0.2, 0) is 0 Å². The second-order valence-electron chi connectivity index (χ2n) is 4.45. The minimum Gasteiger partial charge on any atom is -0.497 e. The summed E-state index contributed by atoms with van der Waals surface area (Å²) in [6, 6.07) is 8.37. The van der Waals surface area contributed by atoms with Crippen molar-refractivity contribution in [1.82, 2.24) is 5.32 Å². The molecule has 1 aromatic rings. The highest BCUT2D eigenvalue weighted by Crippen LogP contribution is 2.25. The van der Waals surface area contributed by atoms with Crippen molar-refractivity contribution in [2.45, 2.75) is 24.6 Å². The van der Waals surface area contributed by atoms with E-state index in [0.29, 0.717) is 12.6 Å². The number of rotatable bonds is 6. The highest BCUT2D eigenvalue weighted by atomic mass is 32.2. The first kappa shape index (κ1) is 13.6. The summed E-state index contributed by atoms with van der Waals surface area (Å²) in [5.41, 5.74) is 0. The zero-order valence-electron chi connectivity index (χ0n) is 11.0. The lowest BCUT2D eigenvalue weighted by Crippen LogP contribution is -2.36. The molecule has 0 spiro atoms. The highest BCUT2D eigenvalue weighted by molar-refractivity contribution is 8.00. The maximum absolute atomic E-state index is 5.69. The number of methoxy groups -OCH3 is 1. The lowest BCUT2D eigenvalue weighted by atomic mass is 10.2. The molecule has 0 aromatic heterocycles. The summed E-state index contributed by atoms with van der Waals surface area (Å²) >= 11 is 2.04. The number of nitrogens with one attached hydrogen (secondary N) is 1. The molecule has 0 unspecified atom stereocenters. The van der Waals surface area contributed by atoms with Gasteiger partial charge < -0.3 is 14.8 Å². The van der Waals surface area contributed by atoms with E-state index in [0.717, 1.165) is 23.3 Å². The Bertz CT molecular complexity index is 373. The van der Waals surface area contributed by atoms with Crippen LogP contribution in [0.3, 0.4) is 0 Å². The van der Waals surface area contributed by atoms with E-state index in [4.69, 9.17) is 9.47 Å². The largest absolute Gasteiger partial charge is 0.497 e. The van der Waals surface area contributed by atoms with Gasteiger partial charge in [-0.15, -0.1) is 0 Å². The fourth-order valence-electron chi connectivity index (χ4n) is 2.10. The van der Waals surface area contributed by atoms with Crippen LogP contribution >= 0.6 is 11.8 Å². The van der Waals surface area contributed by atoms with E-state index < -0.39 is 0 Å². The molecular weight excluding hydrogens is 246 g/mol. The fraction of sp³-hybridized carbons (Fsp3) is 0.571. The van der Waals surface area contributed by atoms with E-state index in [9.17, 15) is 0 Å². The minimum atomic E-state index is 0.643. The molecule has 2 rings (SSSR count). The summed E-state index contributed by atoms with van der Waals surface area (Å²) in [7, 11) is 1.67. The van der Waals surface area contributed by atoms with Gasteiger partial charge in [-0.2, -0.15) is 11.8 Å². The quantitative estimate of drug-likeness (QED) is 0.803. The van der Waals surface area contributed by atoms with Crippen LogP contribution in [0.15, 0.2) is 24.3 Å². The summed E-state index contributed by atoms with van der Waals surface area (Å²) in [6.07, 6.45) is 1.27. The summed E-state index contributed by atoms with van der Waals surface area (Å²) in [4.78, 5) is 0. The molecule has 0 saturated carbocycles. The molecule has 3 nitrogen and oxygen atoms in total. The van der Waals surface area contributed by atoms with Gasteiger partial charge in [0.2, 0.25) is 0 Å². The van der Waals surface area contributed by atoms with Crippen molar-refractivity contribution in [1.29, 1.82) is 0 Å². The summed E-state index contributed by atoms with van der Waals surface area (Å²) in [5, 5.41) is 4.28. The maximum Gasteiger partial charge on any atom is 0.123 e. The Morgan fingerprint density at radius 3 is 2.94 bits per heavy atom. The topological polar surface area (TPSA) is 30.5 Å². The molecular formula is C14H21NO2S. The Kier molecular flexibility index (Phi) is 5.20. The van der Waals surface area contributed by atoms with Gasteiger partial charge in [0, 0.05) is 23.9 Å². The van der Waals surface area contributed by atoms with Crippen molar-refractivity contribution in [3.8, 4) is 11.5 Å². The first-order chi connectivity index (χ1) is 8.79. The Hall–Kier alpha value is -0.870. The van der Waals surface area contributed by atoms with Crippen molar-refractivity contribution >= 4 is 11.8 Å². The number of benzene rings is 1. The average Bonchev–Trinajstić information content (AvgIpc) is 2.81. The van der Waals surface area contributed by atoms with Crippen LogP contribution in [0.2, 0.25) is 0 Å². The van der Waals surface area contributed by atoms with Gasteiger partial charge in [-0.3, -0.25) is 0 Å². The number of hydrogen-bond donors (Lipinski definition) is 1. The lowest BCUT2D eigenvalue weighted by Gasteiger charge is -2.16. The molecule has 0 bridgehead atoms. The standard InChI is InChI=1S/C14H21NO2S/c1-11-14(6-9-18-11)15-7-8-17-13-5-3-4-12(10-13)16-2/h3-5,10-11,14-15H,6-9H2,1-2H3/t11-,14+/m1/s1. The van der Waals surface area contributed by atoms with E-state index in [-0.39, 0.29) is 0 Å². The molecule has 100 valence electrons. The molecule has 4 heteroatoms. The number of hydrogen-bond acceptors (Lipinski definition) is 4. The van der Waals surface area contributed by atoms with Gasteiger partial charge in [0.05, 0.1) is 7.11 Å². The van der Waals surface area contributed by atoms with Crippen LogP contribution in [0.5, 0.6) is 11.5 Å². The molecule has 1 aliphatic rings. The van der Waals surface area contributed by atoms with Crippen LogP contribution in [0, 0.1) is 0 Å². The predicted octanol–water partition coefficient (Wildman–Crippen LogP) is 2.56. The van der Waals surface area contributed by atoms with E-state index in [1.54, 1.807) is 7.11 Å². The second kappa shape index (κ2) is 6.90. The zero-order valence-corrected chi connectivity index (χ0v) is 11.8. The highest BCUT2D eigenvalue weighted by Gasteiger charge is 2.22. The zero-order chi connectivity index (χ0) is 12.8. The number of thioether (sulfide) groups is 1. The van der Waals surface area contributed by atoms with Crippen LogP contribution in [0.4, 0.5) is 0 Å². The normalized spacial score (nSPS) is 23.0. The summed E-state index contributed by atoms with van der Waals surface area (Å²) < 4.78 is 10.9. The van der Waals surface area contributed by atoms with Gasteiger partial charge in [-0.1, -0.05) is 13.0 Å². The predicted molar refractivity (Wildman–Crippen MR) is 76.8 cm³/mol. The third kappa shape index (κ3) is 3.82. The van der Waals surface area contributed by atoms with Gasteiger partial charge in [-0.05, 0) is 24.3 Å². The van der Waals surface area contributed by atoms with Crippen LogP contribution in [0.1, 0.15) is 13.3 Å². The Balaban J connectivity index is 1.68. The molecule has 2 atom stereocenters. The molecule has 0 aliphatic carbocycles. The third-order valence-corrected chi connectivity index (χ3v) is 4.52. The molecule has 1 N–H and O–H groups in total. The maximum atomic E-state index is 5.69. The molecule has 1 saturated heterocycles. The lowest BCUT2D eigenvalue weighted by molar-refractivity contribution is 0.302. The van der Waals surface area contributed by atoms with Gasteiger partial charge in [0.1, 0.15) is 18.1 Å². The first-order valence-corrected chi connectivity index (χ1v) is 7.46. The Labute approximate surface area is 113 Å². The molecule has 0 amide bonds. The van der Waals surface area contributed by atoms with Crippen molar-refractivity contribution in [3.05, 3.63) is 24.3 Å². The average molecular weight is 267 g/mol. The van der Waals surface area contributed by atoms with E-state index >= 15 is 0 Å². The second-order valence-corrected chi connectivity index (χ2v) is 5.94. The molecule has 1 heterocycles. The van der Waals surface area contributed by atoms with Crippen molar-refractivity contribution in [2.75, 3.05) is 26.0 Å². The smallest absolute Gasteiger partial charge is 0.123 e. The SMILES string of the molecule is COc1cccc(OCCN[C@H]2CCS[C@@H]2C)c1. The van der Waals surface area contributed by atoms with Crippen LogP contribution in [0.25, 0.3) is 0 Å². The third-order valence-electron chi connectivity index (χ3n) is 3.19. The van der Waals surface area contributed by atoms with Crippen molar-refractivity contribution in [3.63, 3.8) is 0 Å².